The van der Waals surface area contributed by atoms with Gasteiger partial charge in [-0.05, 0) is 92.5 Å². The maximum Gasteiger partial charge on any atom is 0.0488 e. The van der Waals surface area contributed by atoms with Crippen molar-refractivity contribution < 1.29 is 0 Å². The van der Waals surface area contributed by atoms with Crippen molar-refractivity contribution >= 4 is 5.69 Å². The Labute approximate surface area is 128 Å². The van der Waals surface area contributed by atoms with Gasteiger partial charge in [-0.15, -0.1) is 0 Å². The van der Waals surface area contributed by atoms with Crippen LogP contribution >= 0.6 is 0 Å². The van der Waals surface area contributed by atoms with Gasteiger partial charge in [-0.2, -0.15) is 0 Å². The Balaban J connectivity index is 1.83. The Morgan fingerprint density at radius 1 is 0.857 bits per heavy atom. The molecule has 0 radical (unpaired) electrons. The number of aryl methyl sites for hydroxylation is 5. The molecule has 1 heteroatoms. The summed E-state index contributed by atoms with van der Waals surface area (Å²) >= 11 is 0. The molecule has 2 aromatic carbocycles. The Bertz CT molecular complexity index is 670. The molecule has 1 nitrogen and oxygen atoms in total. The zero-order chi connectivity index (χ0) is 15.0. The number of hydrogen-bond acceptors (Lipinski definition) is 1. The normalized spacial score (nSPS) is 14.9. The number of hydrogen-bond donors (Lipinski definition) is 1. The van der Waals surface area contributed by atoms with E-state index in [0.29, 0.717) is 6.04 Å². The van der Waals surface area contributed by atoms with Gasteiger partial charge in [-0.3, -0.25) is 0 Å². The Hall–Kier alpha value is -1.76. The molecule has 0 amide bonds. The van der Waals surface area contributed by atoms with E-state index >= 15 is 0 Å². The Morgan fingerprint density at radius 2 is 1.57 bits per heavy atom. The first-order valence-corrected chi connectivity index (χ1v) is 8.00. The van der Waals surface area contributed by atoms with Crippen molar-refractivity contribution in [2.45, 2.75) is 53.0 Å². The second-order valence-electron chi connectivity index (χ2n) is 6.50. The summed E-state index contributed by atoms with van der Waals surface area (Å²) in [5, 5.41) is 3.68. The maximum absolute atomic E-state index is 3.68. The van der Waals surface area contributed by atoms with Crippen LogP contribution in [0.15, 0.2) is 30.3 Å². The summed E-state index contributed by atoms with van der Waals surface area (Å²) < 4.78 is 0. The van der Waals surface area contributed by atoms with E-state index in [4.69, 9.17) is 0 Å². The second kappa shape index (κ2) is 5.55. The first kappa shape index (κ1) is 14.2. The zero-order valence-electron chi connectivity index (χ0n) is 13.6. The van der Waals surface area contributed by atoms with Gasteiger partial charge in [0.2, 0.25) is 0 Å². The highest BCUT2D eigenvalue weighted by Crippen LogP contribution is 2.28. The fraction of sp³-hybridized carbons (Fsp3) is 0.400. The van der Waals surface area contributed by atoms with Crippen LogP contribution in [0.2, 0.25) is 0 Å². The highest BCUT2D eigenvalue weighted by molar-refractivity contribution is 5.52. The Morgan fingerprint density at radius 3 is 2.38 bits per heavy atom. The molecule has 1 aliphatic carbocycles. The van der Waals surface area contributed by atoms with Crippen LogP contribution in [0.5, 0.6) is 0 Å². The SMILES string of the molecule is Cc1cc(C)c(C(C)Nc2ccc3c(c2)CCC3)cc1C. The van der Waals surface area contributed by atoms with E-state index in [1.165, 1.54) is 58.3 Å². The van der Waals surface area contributed by atoms with Crippen molar-refractivity contribution in [3.63, 3.8) is 0 Å². The van der Waals surface area contributed by atoms with Crippen molar-refractivity contribution in [3.8, 4) is 0 Å². The Kier molecular flexibility index (Phi) is 3.75. The van der Waals surface area contributed by atoms with Crippen LogP contribution < -0.4 is 5.32 Å². The number of nitrogens with one attached hydrogen (secondary N) is 1. The molecule has 1 aliphatic rings. The van der Waals surface area contributed by atoms with E-state index < -0.39 is 0 Å². The highest BCUT2D eigenvalue weighted by atomic mass is 14.9. The van der Waals surface area contributed by atoms with Crippen LogP contribution in [0.3, 0.4) is 0 Å². The first-order chi connectivity index (χ1) is 10.0. The molecule has 0 heterocycles. The lowest BCUT2D eigenvalue weighted by atomic mass is 9.96. The molecule has 1 unspecified atom stereocenters. The van der Waals surface area contributed by atoms with E-state index in [9.17, 15) is 0 Å². The number of anilines is 1. The fourth-order valence-corrected chi connectivity index (χ4v) is 3.44. The summed E-state index contributed by atoms with van der Waals surface area (Å²) in [6.07, 6.45) is 3.80. The highest BCUT2D eigenvalue weighted by Gasteiger charge is 2.13. The molecule has 3 rings (SSSR count). The van der Waals surface area contributed by atoms with Crippen LogP contribution in [0.4, 0.5) is 5.69 Å². The lowest BCUT2D eigenvalue weighted by Crippen LogP contribution is -2.09. The quantitative estimate of drug-likeness (QED) is 0.806. The van der Waals surface area contributed by atoms with E-state index in [2.05, 4.69) is 63.3 Å². The molecule has 0 saturated heterocycles. The predicted molar refractivity (Wildman–Crippen MR) is 91.2 cm³/mol. The van der Waals surface area contributed by atoms with Gasteiger partial charge in [0, 0.05) is 11.7 Å². The van der Waals surface area contributed by atoms with Crippen LogP contribution in [0.25, 0.3) is 0 Å². The van der Waals surface area contributed by atoms with Gasteiger partial charge in [-0.1, -0.05) is 18.2 Å². The predicted octanol–water partition coefficient (Wildman–Crippen LogP) is 5.27. The third kappa shape index (κ3) is 2.83. The summed E-state index contributed by atoms with van der Waals surface area (Å²) in [6, 6.07) is 11.8. The van der Waals surface area contributed by atoms with Crippen LogP contribution in [0, 0.1) is 20.8 Å². The van der Waals surface area contributed by atoms with Crippen molar-refractivity contribution in [1.29, 1.82) is 0 Å². The minimum Gasteiger partial charge on any atom is -0.379 e. The molecule has 0 aromatic heterocycles. The van der Waals surface area contributed by atoms with Gasteiger partial charge >= 0.3 is 0 Å². The van der Waals surface area contributed by atoms with Crippen molar-refractivity contribution in [3.05, 3.63) is 63.7 Å². The maximum atomic E-state index is 3.68. The second-order valence-corrected chi connectivity index (χ2v) is 6.50. The minimum absolute atomic E-state index is 0.337. The molecule has 1 N–H and O–H groups in total. The zero-order valence-corrected chi connectivity index (χ0v) is 13.6. The third-order valence-corrected chi connectivity index (χ3v) is 4.83. The van der Waals surface area contributed by atoms with Crippen molar-refractivity contribution in [2.75, 3.05) is 5.32 Å². The minimum atomic E-state index is 0.337. The summed E-state index contributed by atoms with van der Waals surface area (Å²) in [7, 11) is 0. The van der Waals surface area contributed by atoms with Crippen molar-refractivity contribution in [2.24, 2.45) is 0 Å². The van der Waals surface area contributed by atoms with Gasteiger partial charge < -0.3 is 5.32 Å². The molecular weight excluding hydrogens is 254 g/mol. The van der Waals surface area contributed by atoms with Crippen molar-refractivity contribution in [1.82, 2.24) is 0 Å². The summed E-state index contributed by atoms with van der Waals surface area (Å²) in [5.74, 6) is 0. The van der Waals surface area contributed by atoms with Gasteiger partial charge in [-0.25, -0.2) is 0 Å². The molecular formula is C20H25N. The molecule has 21 heavy (non-hydrogen) atoms. The standard InChI is InChI=1S/C20H25N/c1-13-10-15(3)20(11-14(13)2)16(4)21-19-9-8-17-6-5-7-18(17)12-19/h8-12,16,21H,5-7H2,1-4H3. The summed E-state index contributed by atoms with van der Waals surface area (Å²) in [5.41, 5.74) is 9.84. The number of fused-ring (bicyclic) bond motifs is 1. The van der Waals surface area contributed by atoms with Gasteiger partial charge in [0.15, 0.2) is 0 Å². The lowest BCUT2D eigenvalue weighted by Gasteiger charge is -2.20. The first-order valence-electron chi connectivity index (χ1n) is 8.00. The van der Waals surface area contributed by atoms with Gasteiger partial charge in [0.1, 0.15) is 0 Å². The van der Waals surface area contributed by atoms with Crippen LogP contribution in [-0.4, -0.2) is 0 Å². The van der Waals surface area contributed by atoms with E-state index in [1.54, 1.807) is 0 Å². The molecule has 2 aromatic rings. The molecule has 110 valence electrons. The van der Waals surface area contributed by atoms with E-state index in [0.717, 1.165) is 0 Å². The molecule has 0 bridgehead atoms. The van der Waals surface area contributed by atoms with E-state index in [1.807, 2.05) is 0 Å². The third-order valence-electron chi connectivity index (χ3n) is 4.83. The average Bonchev–Trinajstić information content (AvgIpc) is 2.90. The molecule has 0 saturated carbocycles. The summed E-state index contributed by atoms with van der Waals surface area (Å²) in [4.78, 5) is 0. The summed E-state index contributed by atoms with van der Waals surface area (Å²) in [6.45, 7) is 8.85. The number of benzene rings is 2. The largest absolute Gasteiger partial charge is 0.379 e. The monoisotopic (exact) mass is 279 g/mol. The van der Waals surface area contributed by atoms with Crippen LogP contribution in [0.1, 0.15) is 52.8 Å². The molecule has 0 fully saturated rings. The fourth-order valence-electron chi connectivity index (χ4n) is 3.44. The number of rotatable bonds is 3. The lowest BCUT2D eigenvalue weighted by molar-refractivity contribution is 0.870. The van der Waals surface area contributed by atoms with E-state index in [-0.39, 0.29) is 0 Å². The van der Waals surface area contributed by atoms with Crippen LogP contribution in [-0.2, 0) is 12.8 Å². The molecule has 0 spiro atoms. The average molecular weight is 279 g/mol. The van der Waals surface area contributed by atoms with Gasteiger partial charge in [0.05, 0.1) is 0 Å². The molecule has 1 atom stereocenters. The topological polar surface area (TPSA) is 12.0 Å². The smallest absolute Gasteiger partial charge is 0.0488 e. The van der Waals surface area contributed by atoms with Gasteiger partial charge in [0.25, 0.3) is 0 Å². The molecule has 0 aliphatic heterocycles.